The summed E-state index contributed by atoms with van der Waals surface area (Å²) in [5, 5.41) is 0. The summed E-state index contributed by atoms with van der Waals surface area (Å²) in [7, 11) is 1.32. The second-order valence-electron chi connectivity index (χ2n) is 3.65. The lowest BCUT2D eigenvalue weighted by Gasteiger charge is -2.20. The number of ether oxygens (including phenoxy) is 2. The van der Waals surface area contributed by atoms with Crippen LogP contribution in [0.3, 0.4) is 0 Å². The Morgan fingerprint density at radius 1 is 1.69 bits per heavy atom. The molecule has 0 aromatic heterocycles. The van der Waals surface area contributed by atoms with Gasteiger partial charge < -0.3 is 9.47 Å². The van der Waals surface area contributed by atoms with Crippen molar-refractivity contribution in [3.8, 4) is 0 Å². The SMILES string of the molecule is COC(=O)[C@]12CCC[C@H]1COC2=O. The normalized spacial score (nSPS) is 37.0. The third-order valence-corrected chi connectivity index (χ3v) is 3.15. The number of carbonyl (C=O) groups excluding carboxylic acids is 2. The molecule has 0 unspecified atom stereocenters. The molecule has 4 nitrogen and oxygen atoms in total. The zero-order valence-corrected chi connectivity index (χ0v) is 7.54. The molecule has 1 saturated carbocycles. The van der Waals surface area contributed by atoms with Crippen LogP contribution >= 0.6 is 0 Å². The molecule has 72 valence electrons. The highest BCUT2D eigenvalue weighted by Crippen LogP contribution is 2.49. The first kappa shape index (κ1) is 8.53. The molecule has 0 amide bonds. The summed E-state index contributed by atoms with van der Waals surface area (Å²) in [6.07, 6.45) is 2.39. The molecule has 0 spiro atoms. The molecule has 13 heavy (non-hydrogen) atoms. The van der Waals surface area contributed by atoms with Crippen molar-refractivity contribution in [2.45, 2.75) is 19.3 Å². The van der Waals surface area contributed by atoms with Crippen molar-refractivity contribution in [3.63, 3.8) is 0 Å². The van der Waals surface area contributed by atoms with Crippen LogP contribution < -0.4 is 0 Å². The minimum Gasteiger partial charge on any atom is -0.468 e. The Hall–Kier alpha value is -1.06. The third kappa shape index (κ3) is 0.913. The van der Waals surface area contributed by atoms with Crippen LogP contribution in [-0.4, -0.2) is 25.7 Å². The number of hydrogen-bond donors (Lipinski definition) is 0. The van der Waals surface area contributed by atoms with Gasteiger partial charge in [-0.1, -0.05) is 6.42 Å². The first-order valence-electron chi connectivity index (χ1n) is 4.47. The van der Waals surface area contributed by atoms with Gasteiger partial charge in [0.2, 0.25) is 0 Å². The van der Waals surface area contributed by atoms with Gasteiger partial charge in [0.1, 0.15) is 0 Å². The molecule has 0 aromatic carbocycles. The fourth-order valence-electron chi connectivity index (χ4n) is 2.41. The van der Waals surface area contributed by atoms with Crippen molar-refractivity contribution in [2.75, 3.05) is 13.7 Å². The molecular weight excluding hydrogens is 172 g/mol. The van der Waals surface area contributed by atoms with Gasteiger partial charge in [0.25, 0.3) is 0 Å². The van der Waals surface area contributed by atoms with Crippen molar-refractivity contribution >= 4 is 11.9 Å². The number of esters is 2. The largest absolute Gasteiger partial charge is 0.468 e. The Kier molecular flexibility index (Phi) is 1.78. The fraction of sp³-hybridized carbons (Fsp3) is 0.778. The second kappa shape index (κ2) is 2.72. The van der Waals surface area contributed by atoms with Crippen molar-refractivity contribution in [2.24, 2.45) is 11.3 Å². The van der Waals surface area contributed by atoms with E-state index in [1.54, 1.807) is 0 Å². The maximum absolute atomic E-state index is 11.5. The number of methoxy groups -OCH3 is 1. The van der Waals surface area contributed by atoms with Crippen molar-refractivity contribution in [3.05, 3.63) is 0 Å². The number of rotatable bonds is 1. The Morgan fingerprint density at radius 3 is 3.15 bits per heavy atom. The Labute approximate surface area is 76.2 Å². The van der Waals surface area contributed by atoms with E-state index in [1.807, 2.05) is 0 Å². The average Bonchev–Trinajstić information content (AvgIpc) is 2.67. The Balaban J connectivity index is 2.35. The monoisotopic (exact) mass is 184 g/mol. The molecule has 0 N–H and O–H groups in total. The number of cyclic esters (lactones) is 1. The third-order valence-electron chi connectivity index (χ3n) is 3.15. The average molecular weight is 184 g/mol. The summed E-state index contributed by atoms with van der Waals surface area (Å²) >= 11 is 0. The maximum atomic E-state index is 11.5. The van der Waals surface area contributed by atoms with Gasteiger partial charge >= 0.3 is 11.9 Å². The summed E-state index contributed by atoms with van der Waals surface area (Å²) in [5.74, 6) is -0.758. The van der Waals surface area contributed by atoms with E-state index in [-0.39, 0.29) is 11.9 Å². The molecule has 2 rings (SSSR count). The van der Waals surface area contributed by atoms with Gasteiger partial charge in [-0.2, -0.15) is 0 Å². The summed E-state index contributed by atoms with van der Waals surface area (Å²) < 4.78 is 9.58. The lowest BCUT2D eigenvalue weighted by atomic mass is 9.80. The van der Waals surface area contributed by atoms with E-state index in [1.165, 1.54) is 7.11 Å². The van der Waals surface area contributed by atoms with Crippen LogP contribution in [0.1, 0.15) is 19.3 Å². The van der Waals surface area contributed by atoms with E-state index in [4.69, 9.17) is 4.74 Å². The van der Waals surface area contributed by atoms with E-state index in [0.717, 1.165) is 12.8 Å². The van der Waals surface area contributed by atoms with Crippen molar-refractivity contribution < 1.29 is 19.1 Å². The number of carbonyl (C=O) groups is 2. The van der Waals surface area contributed by atoms with E-state index in [2.05, 4.69) is 4.74 Å². The van der Waals surface area contributed by atoms with Crippen LogP contribution in [0, 0.1) is 11.3 Å². The molecule has 4 heteroatoms. The summed E-state index contributed by atoms with van der Waals surface area (Å²) in [6.45, 7) is 0.383. The smallest absolute Gasteiger partial charge is 0.323 e. The quantitative estimate of drug-likeness (QED) is 0.440. The van der Waals surface area contributed by atoms with Gasteiger partial charge in [-0.25, -0.2) is 0 Å². The van der Waals surface area contributed by atoms with Crippen LogP contribution in [0.15, 0.2) is 0 Å². The predicted octanol–water partition coefficient (Wildman–Crippen LogP) is 0.503. The van der Waals surface area contributed by atoms with Gasteiger partial charge in [0, 0.05) is 5.92 Å². The molecule has 0 bridgehead atoms. The van der Waals surface area contributed by atoms with Crippen LogP contribution in [0.2, 0.25) is 0 Å². The Bertz CT molecular complexity index is 260. The zero-order valence-electron chi connectivity index (χ0n) is 7.54. The molecule has 2 aliphatic rings. The molecule has 1 heterocycles. The topological polar surface area (TPSA) is 52.6 Å². The highest BCUT2D eigenvalue weighted by molar-refractivity contribution is 6.02. The van der Waals surface area contributed by atoms with E-state index in [9.17, 15) is 9.59 Å². The lowest BCUT2D eigenvalue weighted by Crippen LogP contribution is -2.38. The lowest BCUT2D eigenvalue weighted by molar-refractivity contribution is -0.163. The molecule has 1 aliphatic carbocycles. The van der Waals surface area contributed by atoms with Crippen LogP contribution in [0.5, 0.6) is 0 Å². The van der Waals surface area contributed by atoms with Crippen LogP contribution in [0.4, 0.5) is 0 Å². The fourth-order valence-corrected chi connectivity index (χ4v) is 2.41. The molecule has 1 aliphatic heterocycles. The van der Waals surface area contributed by atoms with Gasteiger partial charge in [0.15, 0.2) is 5.41 Å². The van der Waals surface area contributed by atoms with Crippen LogP contribution in [-0.2, 0) is 19.1 Å². The van der Waals surface area contributed by atoms with Crippen LogP contribution in [0.25, 0.3) is 0 Å². The van der Waals surface area contributed by atoms with Gasteiger partial charge in [0.05, 0.1) is 13.7 Å². The first-order chi connectivity index (χ1) is 6.21. The molecule has 0 aromatic rings. The molecular formula is C9H12O4. The summed E-state index contributed by atoms with van der Waals surface area (Å²) in [4.78, 5) is 23.0. The second-order valence-corrected chi connectivity index (χ2v) is 3.65. The highest BCUT2D eigenvalue weighted by Gasteiger charge is 2.61. The zero-order chi connectivity index (χ0) is 9.47. The van der Waals surface area contributed by atoms with E-state index < -0.39 is 11.4 Å². The van der Waals surface area contributed by atoms with Gasteiger partial charge in [-0.15, -0.1) is 0 Å². The van der Waals surface area contributed by atoms with Crippen molar-refractivity contribution in [1.29, 1.82) is 0 Å². The number of fused-ring (bicyclic) bond motifs is 1. The standard InChI is InChI=1S/C9H12O4/c1-12-7(10)9-4-2-3-6(9)5-13-8(9)11/h6H,2-5H2,1H3/t6-,9-/m0/s1. The van der Waals surface area contributed by atoms with Gasteiger partial charge in [-0.3, -0.25) is 9.59 Å². The molecule has 0 radical (unpaired) electrons. The summed E-state index contributed by atoms with van der Waals surface area (Å²) in [6, 6.07) is 0. The molecule has 2 fully saturated rings. The minimum atomic E-state index is -0.950. The molecule has 2 atom stereocenters. The van der Waals surface area contributed by atoms with E-state index in [0.29, 0.717) is 13.0 Å². The van der Waals surface area contributed by atoms with Gasteiger partial charge in [-0.05, 0) is 12.8 Å². The van der Waals surface area contributed by atoms with E-state index >= 15 is 0 Å². The van der Waals surface area contributed by atoms with Crippen molar-refractivity contribution in [1.82, 2.24) is 0 Å². The maximum Gasteiger partial charge on any atom is 0.323 e. The minimum absolute atomic E-state index is 0.0486. The summed E-state index contributed by atoms with van der Waals surface area (Å²) in [5.41, 5.74) is -0.950. The first-order valence-corrected chi connectivity index (χ1v) is 4.47. The highest BCUT2D eigenvalue weighted by atomic mass is 16.6. The molecule has 1 saturated heterocycles. The Morgan fingerprint density at radius 2 is 2.46 bits per heavy atom. The number of hydrogen-bond acceptors (Lipinski definition) is 4. The predicted molar refractivity (Wildman–Crippen MR) is 42.7 cm³/mol.